The molecule has 1 N–H and O–H groups in total. The van der Waals surface area contributed by atoms with E-state index in [-0.39, 0.29) is 17.4 Å². The van der Waals surface area contributed by atoms with Crippen molar-refractivity contribution >= 4 is 11.8 Å². The normalized spacial score (nSPS) is 18.8. The van der Waals surface area contributed by atoms with Gasteiger partial charge in [0.2, 0.25) is 11.8 Å². The van der Waals surface area contributed by atoms with Gasteiger partial charge in [-0.15, -0.1) is 0 Å². The van der Waals surface area contributed by atoms with E-state index in [4.69, 9.17) is 4.74 Å². The summed E-state index contributed by atoms with van der Waals surface area (Å²) >= 11 is 0. The Hall–Kier alpha value is -2.86. The van der Waals surface area contributed by atoms with E-state index in [1.807, 2.05) is 54.3 Å². The Morgan fingerprint density at radius 3 is 2.35 bits per heavy atom. The molecule has 1 spiro atoms. The number of ether oxygens (including phenoxy) is 1. The van der Waals surface area contributed by atoms with E-state index in [1.165, 1.54) is 0 Å². The van der Waals surface area contributed by atoms with Gasteiger partial charge in [0, 0.05) is 26.1 Å². The first-order valence-electron chi connectivity index (χ1n) is 12.5. The highest BCUT2D eigenvalue weighted by Gasteiger charge is 2.47. The molecule has 6 nitrogen and oxygen atoms in total. The van der Waals surface area contributed by atoms with E-state index >= 15 is 0 Å². The zero-order chi connectivity index (χ0) is 24.0. The van der Waals surface area contributed by atoms with E-state index in [2.05, 4.69) is 22.3 Å². The van der Waals surface area contributed by atoms with Gasteiger partial charge in [-0.2, -0.15) is 0 Å². The van der Waals surface area contributed by atoms with Gasteiger partial charge in [-0.25, -0.2) is 0 Å². The monoisotopic (exact) mass is 463 g/mol. The molecule has 1 unspecified atom stereocenters. The van der Waals surface area contributed by atoms with Crippen molar-refractivity contribution in [3.05, 3.63) is 65.7 Å². The highest BCUT2D eigenvalue weighted by atomic mass is 16.5. The Morgan fingerprint density at radius 1 is 1.03 bits per heavy atom. The molecule has 2 aromatic carbocycles. The molecule has 6 heteroatoms. The van der Waals surface area contributed by atoms with Crippen molar-refractivity contribution in [3.8, 4) is 5.75 Å². The number of nitrogens with one attached hydrogen (secondary N) is 1. The third-order valence-electron chi connectivity index (χ3n) is 7.54. The molecule has 0 radical (unpaired) electrons. The fourth-order valence-electron chi connectivity index (χ4n) is 5.28. The van der Waals surface area contributed by atoms with Gasteiger partial charge in [0.1, 0.15) is 5.75 Å². The maximum absolute atomic E-state index is 13.4. The van der Waals surface area contributed by atoms with Gasteiger partial charge in [0.25, 0.3) is 0 Å². The fraction of sp³-hybridized carbons (Fsp3) is 0.500. The smallest absolute Gasteiger partial charge is 0.229 e. The number of piperidine rings is 1. The number of methoxy groups -OCH3 is 1. The molecular weight excluding hydrogens is 426 g/mol. The van der Waals surface area contributed by atoms with E-state index in [1.54, 1.807) is 7.11 Å². The minimum atomic E-state index is -0.196. The summed E-state index contributed by atoms with van der Waals surface area (Å²) in [5.41, 5.74) is 2.10. The van der Waals surface area contributed by atoms with E-state index in [9.17, 15) is 9.59 Å². The second kappa shape index (κ2) is 11.0. The van der Waals surface area contributed by atoms with Crippen LogP contribution in [0.3, 0.4) is 0 Å². The molecule has 2 aromatic rings. The van der Waals surface area contributed by atoms with Crippen molar-refractivity contribution in [1.29, 1.82) is 0 Å². The molecular formula is C28H37N3O3. The molecule has 2 amide bonds. The van der Waals surface area contributed by atoms with Crippen molar-refractivity contribution in [2.24, 2.45) is 5.41 Å². The van der Waals surface area contributed by atoms with Crippen LogP contribution in [-0.4, -0.2) is 54.9 Å². The summed E-state index contributed by atoms with van der Waals surface area (Å²) in [4.78, 5) is 29.9. The first-order valence-corrected chi connectivity index (χ1v) is 12.5. The maximum atomic E-state index is 13.4. The number of amides is 2. The minimum absolute atomic E-state index is 0.0256. The summed E-state index contributed by atoms with van der Waals surface area (Å²) in [6.45, 7) is 6.19. The Labute approximate surface area is 203 Å². The van der Waals surface area contributed by atoms with Crippen LogP contribution >= 0.6 is 0 Å². The van der Waals surface area contributed by atoms with Crippen LogP contribution in [0.25, 0.3) is 0 Å². The lowest BCUT2D eigenvalue weighted by Gasteiger charge is -2.38. The Morgan fingerprint density at radius 2 is 1.71 bits per heavy atom. The number of hydrogen-bond acceptors (Lipinski definition) is 4. The number of rotatable bonds is 9. The maximum Gasteiger partial charge on any atom is 0.229 e. The summed E-state index contributed by atoms with van der Waals surface area (Å²) in [6.07, 6.45) is 4.16. The Balaban J connectivity index is 1.29. The minimum Gasteiger partial charge on any atom is -0.497 e. The molecule has 2 aliphatic heterocycles. The lowest BCUT2D eigenvalue weighted by molar-refractivity contribution is -0.139. The summed E-state index contributed by atoms with van der Waals surface area (Å²) in [5.74, 6) is 1.24. The number of nitrogens with zero attached hydrogens (tertiary/aromatic N) is 2. The largest absolute Gasteiger partial charge is 0.497 e. The topological polar surface area (TPSA) is 61.9 Å². The molecule has 2 saturated heterocycles. The lowest BCUT2D eigenvalue weighted by Crippen LogP contribution is -2.45. The van der Waals surface area contributed by atoms with Crippen molar-refractivity contribution in [3.63, 3.8) is 0 Å². The standard InChI is InChI=1S/C28H37N3O3/c1-3-26(32)29-25(23-7-5-4-6-8-23)13-17-30-18-14-28(15-19-30)16-20-31(27(28)33)21-22-9-11-24(34-2)12-10-22/h4-12,25H,3,13-21H2,1-2H3,(H,29,32). The van der Waals surface area contributed by atoms with Crippen LogP contribution in [0.1, 0.15) is 56.2 Å². The van der Waals surface area contributed by atoms with Crippen LogP contribution in [0.15, 0.2) is 54.6 Å². The van der Waals surface area contributed by atoms with Gasteiger partial charge in [0.05, 0.1) is 18.6 Å². The third kappa shape index (κ3) is 5.61. The molecule has 4 rings (SSSR count). The summed E-state index contributed by atoms with van der Waals surface area (Å²) in [7, 11) is 1.66. The first-order chi connectivity index (χ1) is 16.5. The van der Waals surface area contributed by atoms with Crippen molar-refractivity contribution < 1.29 is 14.3 Å². The van der Waals surface area contributed by atoms with Crippen LogP contribution in [-0.2, 0) is 16.1 Å². The highest BCUT2D eigenvalue weighted by Crippen LogP contribution is 2.42. The van der Waals surface area contributed by atoms with Gasteiger partial charge in [-0.1, -0.05) is 49.4 Å². The average molecular weight is 464 g/mol. The van der Waals surface area contributed by atoms with Gasteiger partial charge < -0.3 is 19.9 Å². The molecule has 2 aliphatic rings. The average Bonchev–Trinajstić information content (AvgIpc) is 3.18. The molecule has 0 aliphatic carbocycles. The second-order valence-corrected chi connectivity index (χ2v) is 9.62. The quantitative estimate of drug-likeness (QED) is 0.606. The van der Waals surface area contributed by atoms with Gasteiger partial charge in [0.15, 0.2) is 0 Å². The molecule has 2 fully saturated rings. The lowest BCUT2D eigenvalue weighted by atomic mass is 9.77. The molecule has 0 saturated carbocycles. The predicted molar refractivity (Wildman–Crippen MR) is 133 cm³/mol. The molecule has 0 aromatic heterocycles. The second-order valence-electron chi connectivity index (χ2n) is 9.62. The summed E-state index contributed by atoms with van der Waals surface area (Å²) in [6, 6.07) is 18.2. The van der Waals surface area contributed by atoms with Crippen LogP contribution in [0.4, 0.5) is 0 Å². The van der Waals surface area contributed by atoms with E-state index in [0.29, 0.717) is 18.9 Å². The van der Waals surface area contributed by atoms with Gasteiger partial charge >= 0.3 is 0 Å². The van der Waals surface area contributed by atoms with Crippen molar-refractivity contribution in [1.82, 2.24) is 15.1 Å². The Kier molecular flexibility index (Phi) is 7.88. The zero-order valence-corrected chi connectivity index (χ0v) is 20.5. The van der Waals surface area contributed by atoms with Crippen LogP contribution in [0, 0.1) is 5.41 Å². The zero-order valence-electron chi connectivity index (χ0n) is 20.5. The van der Waals surface area contributed by atoms with Crippen LogP contribution in [0.2, 0.25) is 0 Å². The van der Waals surface area contributed by atoms with E-state index < -0.39 is 0 Å². The van der Waals surface area contributed by atoms with Crippen LogP contribution in [0.5, 0.6) is 5.75 Å². The third-order valence-corrected chi connectivity index (χ3v) is 7.54. The number of carbonyl (C=O) groups is 2. The van der Waals surface area contributed by atoms with E-state index in [0.717, 1.165) is 68.7 Å². The number of benzene rings is 2. The molecule has 182 valence electrons. The first kappa shape index (κ1) is 24.3. The number of hydrogen-bond donors (Lipinski definition) is 1. The summed E-state index contributed by atoms with van der Waals surface area (Å²) in [5, 5.41) is 3.18. The molecule has 2 heterocycles. The number of likely N-dealkylation sites (tertiary alicyclic amines) is 2. The van der Waals surface area contributed by atoms with Crippen molar-refractivity contribution in [2.75, 3.05) is 33.3 Å². The highest BCUT2D eigenvalue weighted by molar-refractivity contribution is 5.85. The van der Waals surface area contributed by atoms with Crippen molar-refractivity contribution in [2.45, 2.75) is 51.6 Å². The summed E-state index contributed by atoms with van der Waals surface area (Å²) < 4.78 is 5.24. The van der Waals surface area contributed by atoms with Gasteiger partial charge in [-0.3, -0.25) is 9.59 Å². The SMILES string of the molecule is CCC(=O)NC(CCN1CCC2(CC1)CCN(Cc1ccc(OC)cc1)C2=O)c1ccccc1. The molecule has 1 atom stereocenters. The Bertz CT molecular complexity index is 953. The predicted octanol–water partition coefficient (Wildman–Crippen LogP) is 4.17. The molecule has 34 heavy (non-hydrogen) atoms. The number of carbonyl (C=O) groups excluding carboxylic acids is 2. The van der Waals surface area contributed by atoms with Crippen LogP contribution < -0.4 is 10.1 Å². The molecule has 0 bridgehead atoms. The fourth-order valence-corrected chi connectivity index (χ4v) is 5.28. The van der Waals surface area contributed by atoms with Gasteiger partial charge in [-0.05, 0) is 62.0 Å².